The van der Waals surface area contributed by atoms with Gasteiger partial charge in [-0.3, -0.25) is 9.59 Å². The van der Waals surface area contributed by atoms with E-state index >= 15 is 0 Å². The smallest absolute Gasteiger partial charge is 0.405 e. The Hall–Kier alpha value is -2.61. The van der Waals surface area contributed by atoms with Gasteiger partial charge in [-0.2, -0.15) is 0 Å². The lowest BCUT2D eigenvalue weighted by Gasteiger charge is -2.12. The maximum Gasteiger partial charge on any atom is 0.405 e. The SMILES string of the molecule is NCCC(=O)Nc1ccccc1NC(=O)CNC(=O)O. The topological polar surface area (TPSA) is 134 Å². The highest BCUT2D eigenvalue weighted by atomic mass is 16.4. The van der Waals surface area contributed by atoms with E-state index in [9.17, 15) is 14.4 Å². The summed E-state index contributed by atoms with van der Waals surface area (Å²) in [5.74, 6) is -0.800. The zero-order valence-electron chi connectivity index (χ0n) is 10.7. The lowest BCUT2D eigenvalue weighted by Crippen LogP contribution is -2.31. The average Bonchev–Trinajstić information content (AvgIpc) is 2.39. The monoisotopic (exact) mass is 280 g/mol. The number of carboxylic acid groups (broad SMARTS) is 1. The van der Waals surface area contributed by atoms with Crippen LogP contribution >= 0.6 is 0 Å². The van der Waals surface area contributed by atoms with Gasteiger partial charge in [0.1, 0.15) is 6.54 Å². The molecule has 0 saturated heterocycles. The lowest BCUT2D eigenvalue weighted by atomic mass is 10.2. The van der Waals surface area contributed by atoms with Crippen molar-refractivity contribution in [1.82, 2.24) is 5.32 Å². The maximum absolute atomic E-state index is 11.5. The average molecular weight is 280 g/mol. The van der Waals surface area contributed by atoms with Crippen molar-refractivity contribution in [2.75, 3.05) is 23.7 Å². The predicted molar refractivity (Wildman–Crippen MR) is 73.4 cm³/mol. The summed E-state index contributed by atoms with van der Waals surface area (Å²) < 4.78 is 0. The molecule has 0 aromatic heterocycles. The molecule has 0 saturated carbocycles. The summed E-state index contributed by atoms with van der Waals surface area (Å²) in [7, 11) is 0. The number of para-hydroxylation sites is 2. The van der Waals surface area contributed by atoms with Gasteiger partial charge in [-0.25, -0.2) is 4.79 Å². The van der Waals surface area contributed by atoms with Crippen LogP contribution in [0.2, 0.25) is 0 Å². The molecular formula is C12H16N4O4. The van der Waals surface area contributed by atoms with Crippen LogP contribution in [0.1, 0.15) is 6.42 Å². The van der Waals surface area contributed by atoms with Crippen LogP contribution in [0.15, 0.2) is 24.3 Å². The van der Waals surface area contributed by atoms with Gasteiger partial charge in [0.2, 0.25) is 11.8 Å². The Balaban J connectivity index is 2.67. The molecule has 0 atom stereocenters. The lowest BCUT2D eigenvalue weighted by molar-refractivity contribution is -0.116. The summed E-state index contributed by atoms with van der Waals surface area (Å²) in [6.45, 7) is -0.149. The number of nitrogens with one attached hydrogen (secondary N) is 3. The van der Waals surface area contributed by atoms with Crippen molar-refractivity contribution in [2.45, 2.75) is 6.42 Å². The highest BCUT2D eigenvalue weighted by molar-refractivity contribution is 6.00. The first-order valence-electron chi connectivity index (χ1n) is 5.88. The van der Waals surface area contributed by atoms with Gasteiger partial charge in [0, 0.05) is 13.0 Å². The summed E-state index contributed by atoms with van der Waals surface area (Å²) in [5, 5.41) is 15.5. The number of carbonyl (C=O) groups excluding carboxylic acids is 2. The molecular weight excluding hydrogens is 264 g/mol. The van der Waals surface area contributed by atoms with E-state index in [4.69, 9.17) is 10.8 Å². The van der Waals surface area contributed by atoms with Crippen molar-refractivity contribution in [3.05, 3.63) is 24.3 Å². The fourth-order valence-electron chi connectivity index (χ4n) is 1.40. The summed E-state index contributed by atoms with van der Waals surface area (Å²) >= 11 is 0. The normalized spacial score (nSPS) is 9.65. The van der Waals surface area contributed by atoms with Gasteiger partial charge in [0.05, 0.1) is 11.4 Å². The highest BCUT2D eigenvalue weighted by Crippen LogP contribution is 2.20. The summed E-state index contributed by atoms with van der Waals surface area (Å²) in [4.78, 5) is 33.3. The molecule has 6 N–H and O–H groups in total. The molecule has 0 unspecified atom stereocenters. The third-order valence-corrected chi connectivity index (χ3v) is 2.25. The Labute approximate surface area is 115 Å². The number of nitrogens with two attached hydrogens (primary N) is 1. The molecule has 0 aliphatic heterocycles. The molecule has 0 spiro atoms. The molecule has 20 heavy (non-hydrogen) atoms. The number of benzene rings is 1. The van der Waals surface area contributed by atoms with Crippen molar-refractivity contribution in [3.63, 3.8) is 0 Å². The van der Waals surface area contributed by atoms with E-state index in [-0.39, 0.29) is 25.4 Å². The molecule has 108 valence electrons. The second kappa shape index (κ2) is 7.74. The zero-order chi connectivity index (χ0) is 15.0. The van der Waals surface area contributed by atoms with Crippen molar-refractivity contribution < 1.29 is 19.5 Å². The Kier molecular flexibility index (Phi) is 5.98. The molecule has 8 heteroatoms. The van der Waals surface area contributed by atoms with E-state index in [2.05, 4.69) is 10.6 Å². The van der Waals surface area contributed by atoms with Gasteiger partial charge in [-0.15, -0.1) is 0 Å². The second-order valence-electron chi connectivity index (χ2n) is 3.84. The standard InChI is InChI=1S/C12H16N4O4/c13-6-5-10(17)15-8-3-1-2-4-9(8)16-11(18)7-14-12(19)20/h1-4,14H,5-7,13H2,(H,15,17)(H,16,18)(H,19,20). The van der Waals surface area contributed by atoms with Crippen molar-refractivity contribution >= 4 is 29.3 Å². The molecule has 1 rings (SSSR count). The van der Waals surface area contributed by atoms with Crippen LogP contribution in [0.5, 0.6) is 0 Å². The Morgan fingerprint density at radius 3 is 2.10 bits per heavy atom. The van der Waals surface area contributed by atoms with Crippen molar-refractivity contribution in [2.24, 2.45) is 5.73 Å². The second-order valence-corrected chi connectivity index (χ2v) is 3.84. The van der Waals surface area contributed by atoms with Crippen LogP contribution in [-0.2, 0) is 9.59 Å². The Bertz CT molecular complexity index is 504. The zero-order valence-corrected chi connectivity index (χ0v) is 10.7. The van der Waals surface area contributed by atoms with E-state index in [0.29, 0.717) is 11.4 Å². The first kappa shape index (κ1) is 15.4. The number of amides is 3. The number of rotatable bonds is 6. The molecule has 3 amide bonds. The summed E-state index contributed by atoms with van der Waals surface area (Å²) in [6.07, 6.45) is -1.12. The van der Waals surface area contributed by atoms with Crippen LogP contribution in [0.4, 0.5) is 16.2 Å². The van der Waals surface area contributed by atoms with E-state index in [1.165, 1.54) is 0 Å². The van der Waals surface area contributed by atoms with E-state index < -0.39 is 12.0 Å². The molecule has 0 fully saturated rings. The number of hydrogen-bond donors (Lipinski definition) is 5. The first-order chi connectivity index (χ1) is 9.52. The fraction of sp³-hybridized carbons (Fsp3) is 0.250. The predicted octanol–water partition coefficient (Wildman–Crippen LogP) is 0.180. The van der Waals surface area contributed by atoms with Crippen LogP contribution < -0.4 is 21.7 Å². The molecule has 0 bridgehead atoms. The fourth-order valence-corrected chi connectivity index (χ4v) is 1.40. The van der Waals surface area contributed by atoms with Gasteiger partial charge < -0.3 is 26.8 Å². The minimum Gasteiger partial charge on any atom is -0.465 e. The minimum atomic E-state index is -1.29. The number of carbonyl (C=O) groups is 3. The van der Waals surface area contributed by atoms with E-state index in [1.807, 2.05) is 5.32 Å². The largest absolute Gasteiger partial charge is 0.465 e. The quantitative estimate of drug-likeness (QED) is 0.507. The molecule has 1 aromatic rings. The molecule has 0 aliphatic carbocycles. The molecule has 0 heterocycles. The van der Waals surface area contributed by atoms with E-state index in [0.717, 1.165) is 0 Å². The van der Waals surface area contributed by atoms with Gasteiger partial charge in [0.25, 0.3) is 0 Å². The van der Waals surface area contributed by atoms with Crippen LogP contribution in [0.3, 0.4) is 0 Å². The number of hydrogen-bond acceptors (Lipinski definition) is 4. The van der Waals surface area contributed by atoms with Crippen molar-refractivity contribution in [3.8, 4) is 0 Å². The van der Waals surface area contributed by atoms with Crippen LogP contribution in [0.25, 0.3) is 0 Å². The maximum atomic E-state index is 11.5. The third-order valence-electron chi connectivity index (χ3n) is 2.25. The molecule has 1 aromatic carbocycles. The Morgan fingerprint density at radius 2 is 1.60 bits per heavy atom. The van der Waals surface area contributed by atoms with E-state index in [1.54, 1.807) is 24.3 Å². The van der Waals surface area contributed by atoms with Crippen LogP contribution in [-0.4, -0.2) is 36.1 Å². The number of anilines is 2. The van der Waals surface area contributed by atoms with Gasteiger partial charge in [-0.1, -0.05) is 12.1 Å². The summed E-state index contributed by atoms with van der Waals surface area (Å²) in [6, 6.07) is 6.59. The Morgan fingerprint density at radius 1 is 1.05 bits per heavy atom. The van der Waals surface area contributed by atoms with Gasteiger partial charge in [0.15, 0.2) is 0 Å². The molecule has 8 nitrogen and oxygen atoms in total. The third kappa shape index (κ3) is 5.36. The van der Waals surface area contributed by atoms with Gasteiger partial charge in [-0.05, 0) is 12.1 Å². The first-order valence-corrected chi connectivity index (χ1v) is 5.88. The molecule has 0 radical (unpaired) electrons. The highest BCUT2D eigenvalue weighted by Gasteiger charge is 2.09. The van der Waals surface area contributed by atoms with Crippen molar-refractivity contribution in [1.29, 1.82) is 0 Å². The minimum absolute atomic E-state index is 0.169. The summed E-state index contributed by atoms with van der Waals surface area (Å²) in [5.41, 5.74) is 6.09. The van der Waals surface area contributed by atoms with Gasteiger partial charge >= 0.3 is 6.09 Å². The van der Waals surface area contributed by atoms with Crippen LogP contribution in [0, 0.1) is 0 Å². The molecule has 0 aliphatic rings.